The molecule has 4 nitrogen and oxygen atoms in total. The largest absolute Gasteiger partial charge is 0.448 e. The van der Waals surface area contributed by atoms with Gasteiger partial charge in [0.2, 0.25) is 0 Å². The van der Waals surface area contributed by atoms with Crippen molar-refractivity contribution in [2.24, 2.45) is 0 Å². The topological polar surface area (TPSA) is 38.8 Å². The minimum Gasteiger partial charge on any atom is -0.448 e. The molecule has 1 aliphatic carbocycles. The summed E-state index contributed by atoms with van der Waals surface area (Å²) in [6, 6.07) is 16.5. The van der Waals surface area contributed by atoms with Crippen molar-refractivity contribution in [2.45, 2.75) is 12.0 Å². The number of likely N-dealkylation sites (tertiary alicyclic amines) is 1. The SMILES string of the molecule is O=C(OCC1c2ccccc2-c2ccccc21)N1CC(OCCF)C1. The van der Waals surface area contributed by atoms with Crippen molar-refractivity contribution in [1.82, 2.24) is 4.90 Å². The molecule has 0 saturated carbocycles. The zero-order valence-corrected chi connectivity index (χ0v) is 13.9. The van der Waals surface area contributed by atoms with Gasteiger partial charge in [0.15, 0.2) is 0 Å². The lowest BCUT2D eigenvalue weighted by molar-refractivity contribution is -0.0528. The quantitative estimate of drug-likeness (QED) is 0.834. The summed E-state index contributed by atoms with van der Waals surface area (Å²) in [7, 11) is 0. The van der Waals surface area contributed by atoms with Crippen molar-refractivity contribution in [2.75, 3.05) is 33.0 Å². The van der Waals surface area contributed by atoms with Crippen LogP contribution >= 0.6 is 0 Å². The van der Waals surface area contributed by atoms with Gasteiger partial charge in [-0.2, -0.15) is 0 Å². The molecule has 1 saturated heterocycles. The van der Waals surface area contributed by atoms with Crippen LogP contribution in [-0.2, 0) is 9.47 Å². The van der Waals surface area contributed by atoms with Gasteiger partial charge in [-0.05, 0) is 22.3 Å². The Balaban J connectivity index is 1.40. The number of fused-ring (bicyclic) bond motifs is 3. The molecular formula is C20H20FNO3. The molecule has 2 aromatic rings. The monoisotopic (exact) mass is 341 g/mol. The number of ether oxygens (including phenoxy) is 2. The summed E-state index contributed by atoms with van der Waals surface area (Å²) in [4.78, 5) is 13.8. The second-order valence-corrected chi connectivity index (χ2v) is 6.39. The molecule has 0 bridgehead atoms. The first-order valence-electron chi connectivity index (χ1n) is 8.55. The first-order valence-corrected chi connectivity index (χ1v) is 8.55. The molecule has 0 atom stereocenters. The van der Waals surface area contributed by atoms with E-state index >= 15 is 0 Å². The lowest BCUT2D eigenvalue weighted by Crippen LogP contribution is -2.55. The van der Waals surface area contributed by atoms with Crippen molar-refractivity contribution in [1.29, 1.82) is 0 Å². The highest BCUT2D eigenvalue weighted by Gasteiger charge is 2.34. The Labute approximate surface area is 146 Å². The average Bonchev–Trinajstić information content (AvgIpc) is 2.93. The maximum atomic E-state index is 12.2. The molecule has 2 aromatic carbocycles. The summed E-state index contributed by atoms with van der Waals surface area (Å²) in [6.45, 7) is 0.845. The van der Waals surface area contributed by atoms with Crippen LogP contribution < -0.4 is 0 Å². The predicted octanol–water partition coefficient (Wildman–Crippen LogP) is 3.61. The molecule has 0 spiro atoms. The van der Waals surface area contributed by atoms with Crippen molar-refractivity contribution in [3.05, 3.63) is 59.7 Å². The molecule has 130 valence electrons. The van der Waals surface area contributed by atoms with E-state index < -0.39 is 6.67 Å². The number of carbonyl (C=O) groups is 1. The average molecular weight is 341 g/mol. The van der Waals surface area contributed by atoms with E-state index in [2.05, 4.69) is 24.3 Å². The third-order valence-electron chi connectivity index (χ3n) is 4.87. The summed E-state index contributed by atoms with van der Waals surface area (Å²) < 4.78 is 22.9. The van der Waals surface area contributed by atoms with E-state index in [1.807, 2.05) is 24.3 Å². The van der Waals surface area contributed by atoms with Gasteiger partial charge in [-0.25, -0.2) is 9.18 Å². The highest BCUT2D eigenvalue weighted by molar-refractivity contribution is 5.79. The fourth-order valence-electron chi connectivity index (χ4n) is 3.59. The van der Waals surface area contributed by atoms with Gasteiger partial charge in [-0.15, -0.1) is 0 Å². The van der Waals surface area contributed by atoms with Gasteiger partial charge < -0.3 is 14.4 Å². The summed E-state index contributed by atoms with van der Waals surface area (Å²) in [5.41, 5.74) is 4.82. The number of amides is 1. The molecule has 25 heavy (non-hydrogen) atoms. The Morgan fingerprint density at radius 3 is 2.24 bits per heavy atom. The van der Waals surface area contributed by atoms with Gasteiger partial charge in [0.25, 0.3) is 0 Å². The normalized spacial score (nSPS) is 16.3. The minimum atomic E-state index is -0.499. The number of halogens is 1. The van der Waals surface area contributed by atoms with Crippen LogP contribution in [0.1, 0.15) is 17.0 Å². The predicted molar refractivity (Wildman–Crippen MR) is 92.4 cm³/mol. The van der Waals surface area contributed by atoms with E-state index in [0.717, 1.165) is 0 Å². The number of nitrogens with zero attached hydrogens (tertiary/aromatic N) is 1. The van der Waals surface area contributed by atoms with Crippen LogP contribution in [0.5, 0.6) is 0 Å². The fourth-order valence-corrected chi connectivity index (χ4v) is 3.59. The van der Waals surface area contributed by atoms with Crippen LogP contribution in [0.2, 0.25) is 0 Å². The van der Waals surface area contributed by atoms with Gasteiger partial charge >= 0.3 is 6.09 Å². The Kier molecular flexibility index (Phi) is 4.40. The molecule has 1 heterocycles. The van der Waals surface area contributed by atoms with Crippen LogP contribution in [0.4, 0.5) is 9.18 Å². The third kappa shape index (κ3) is 3.00. The van der Waals surface area contributed by atoms with Gasteiger partial charge in [0.05, 0.1) is 25.8 Å². The van der Waals surface area contributed by atoms with Crippen LogP contribution in [0, 0.1) is 0 Å². The number of alkyl halides is 1. The first kappa shape index (κ1) is 16.1. The van der Waals surface area contributed by atoms with Crippen LogP contribution in [0.15, 0.2) is 48.5 Å². The molecule has 2 aliphatic rings. The fraction of sp³-hybridized carbons (Fsp3) is 0.350. The first-order chi connectivity index (χ1) is 12.3. The van der Waals surface area contributed by atoms with E-state index in [-0.39, 0.29) is 24.7 Å². The van der Waals surface area contributed by atoms with Crippen molar-refractivity contribution in [3.63, 3.8) is 0 Å². The van der Waals surface area contributed by atoms with Crippen molar-refractivity contribution >= 4 is 6.09 Å². The van der Waals surface area contributed by atoms with Gasteiger partial charge in [-0.1, -0.05) is 48.5 Å². The summed E-state index contributed by atoms with van der Waals surface area (Å²) in [5, 5.41) is 0. The molecular weight excluding hydrogens is 321 g/mol. The molecule has 4 rings (SSSR count). The van der Waals surface area contributed by atoms with E-state index in [1.165, 1.54) is 22.3 Å². The number of hydrogen-bond acceptors (Lipinski definition) is 3. The smallest absolute Gasteiger partial charge is 0.409 e. The van der Waals surface area contributed by atoms with Crippen LogP contribution in [0.3, 0.4) is 0 Å². The number of rotatable bonds is 5. The highest BCUT2D eigenvalue weighted by atomic mass is 19.1. The van der Waals surface area contributed by atoms with E-state index in [1.54, 1.807) is 4.90 Å². The maximum absolute atomic E-state index is 12.2. The number of hydrogen-bond donors (Lipinski definition) is 0. The molecule has 0 unspecified atom stereocenters. The van der Waals surface area contributed by atoms with E-state index in [4.69, 9.17) is 9.47 Å². The molecule has 1 aliphatic heterocycles. The zero-order valence-electron chi connectivity index (χ0n) is 13.9. The van der Waals surface area contributed by atoms with Gasteiger partial charge in [-0.3, -0.25) is 0 Å². The van der Waals surface area contributed by atoms with Crippen LogP contribution in [-0.4, -0.2) is 50.1 Å². The van der Waals surface area contributed by atoms with E-state index in [0.29, 0.717) is 19.7 Å². The third-order valence-corrected chi connectivity index (χ3v) is 4.87. The second kappa shape index (κ2) is 6.84. The summed E-state index contributed by atoms with van der Waals surface area (Å²) in [5.74, 6) is 0.0659. The van der Waals surface area contributed by atoms with Gasteiger partial charge in [0, 0.05) is 5.92 Å². The molecule has 0 N–H and O–H groups in total. The summed E-state index contributed by atoms with van der Waals surface area (Å²) >= 11 is 0. The molecule has 1 amide bonds. The Bertz CT molecular complexity index is 728. The highest BCUT2D eigenvalue weighted by Crippen LogP contribution is 2.44. The molecule has 1 fully saturated rings. The maximum Gasteiger partial charge on any atom is 0.409 e. The lowest BCUT2D eigenvalue weighted by atomic mass is 9.98. The number of benzene rings is 2. The Hall–Kier alpha value is -2.40. The Morgan fingerprint density at radius 2 is 1.64 bits per heavy atom. The molecule has 5 heteroatoms. The molecule has 0 radical (unpaired) electrons. The van der Waals surface area contributed by atoms with E-state index in [9.17, 15) is 9.18 Å². The lowest BCUT2D eigenvalue weighted by Gasteiger charge is -2.37. The standard InChI is InChI=1S/C20H20FNO3/c21-9-10-24-14-11-22(12-14)20(23)25-13-19-17-7-3-1-5-15(17)16-6-2-4-8-18(16)19/h1-8,14,19H,9-13H2. The van der Waals surface area contributed by atoms with Crippen molar-refractivity contribution in [3.8, 4) is 11.1 Å². The summed E-state index contributed by atoms with van der Waals surface area (Å²) in [6.07, 6.45) is -0.404. The Morgan fingerprint density at radius 1 is 1.04 bits per heavy atom. The second-order valence-electron chi connectivity index (χ2n) is 6.39. The van der Waals surface area contributed by atoms with Crippen molar-refractivity contribution < 1.29 is 18.7 Å². The zero-order chi connectivity index (χ0) is 17.2. The molecule has 0 aromatic heterocycles. The van der Waals surface area contributed by atoms with Crippen LogP contribution in [0.25, 0.3) is 11.1 Å². The van der Waals surface area contributed by atoms with Gasteiger partial charge in [0.1, 0.15) is 13.3 Å². The minimum absolute atomic E-state index is 0.0659. The number of carbonyl (C=O) groups excluding carboxylic acids is 1.